The average Bonchev–Trinajstić information content (AvgIpc) is 0.881. The molecule has 12 nitrogen and oxygen atoms in total. The number of hydrogen-bond donors (Lipinski definition) is 0. The highest BCUT2D eigenvalue weighted by Crippen LogP contribution is 2.28. The second-order valence-corrected chi connectivity index (χ2v) is 26.4. The molecule has 0 aliphatic rings. The number of ether oxygens (including phenoxy) is 6. The van der Waals surface area contributed by atoms with Crippen LogP contribution >= 0.6 is 0 Å². The molecule has 0 amide bonds. The third-order valence-electron chi connectivity index (χ3n) is 17.6. The smallest absolute Gasteiger partial charge is 0.311 e. The Morgan fingerprint density at radius 1 is 0.378 bits per heavy atom. The fourth-order valence-electron chi connectivity index (χ4n) is 9.07. The first-order valence-electron chi connectivity index (χ1n) is 33.2. The van der Waals surface area contributed by atoms with Gasteiger partial charge in [-0.25, -0.2) is 4.57 Å². The first-order valence-corrected chi connectivity index (χ1v) is 33.2. The molecule has 0 aliphatic carbocycles. The van der Waals surface area contributed by atoms with Crippen LogP contribution < -0.4 is 26.4 Å². The molecule has 0 bridgehead atoms. The van der Waals surface area contributed by atoms with E-state index in [9.17, 15) is 24.0 Å². The van der Waals surface area contributed by atoms with Crippen LogP contribution in [-0.4, -0.2) is 83.2 Å². The van der Waals surface area contributed by atoms with Crippen molar-refractivity contribution in [3.05, 3.63) is 151 Å². The van der Waals surface area contributed by atoms with E-state index in [0.29, 0.717) is 38.6 Å². The maximum Gasteiger partial charge on any atom is 0.311 e. The van der Waals surface area contributed by atoms with Crippen LogP contribution in [-0.2, 0) is 58.9 Å². The number of benzene rings is 4. The summed E-state index contributed by atoms with van der Waals surface area (Å²) < 4.78 is 32.1. The molecular weight excluding hydrogens is 1130 g/mol. The molecular formula is C77H118BNO11. The Morgan fingerprint density at radius 3 is 0.911 bits per heavy atom. The number of aryl methyl sites for hydroxylation is 1. The predicted octanol–water partition coefficient (Wildman–Crippen LogP) is 15.0. The number of carbonyl (C=O) groups excluding carboxylic acids is 5. The van der Waals surface area contributed by atoms with Gasteiger partial charge in [0, 0.05) is 25.7 Å². The molecule has 90 heavy (non-hydrogen) atoms. The molecule has 0 aliphatic heterocycles. The minimum absolute atomic E-state index is 0.0879. The van der Waals surface area contributed by atoms with E-state index < -0.39 is 17.0 Å². The van der Waals surface area contributed by atoms with Crippen LogP contribution in [0.4, 0.5) is 0 Å². The first kappa shape index (κ1) is 81.4. The monoisotopic (exact) mass is 1240 g/mol. The Hall–Kier alpha value is -6.60. The molecule has 0 radical (unpaired) electrons. The van der Waals surface area contributed by atoms with E-state index in [-0.39, 0.29) is 59.3 Å². The van der Waals surface area contributed by atoms with Gasteiger partial charge in [-0.2, -0.15) is 21.9 Å². The second-order valence-electron chi connectivity index (χ2n) is 26.4. The van der Waals surface area contributed by atoms with E-state index in [0.717, 1.165) is 32.2 Å². The highest BCUT2D eigenvalue weighted by molar-refractivity contribution is 7.19. The van der Waals surface area contributed by atoms with Gasteiger partial charge < -0.3 is 28.4 Å². The van der Waals surface area contributed by atoms with Gasteiger partial charge in [0.05, 0.1) is 47.4 Å². The molecule has 0 saturated heterocycles. The topological polar surface area (TPSA) is 145 Å². The fourth-order valence-corrected chi connectivity index (χ4v) is 9.07. The van der Waals surface area contributed by atoms with Crippen LogP contribution in [0, 0.1) is 27.1 Å². The zero-order valence-electron chi connectivity index (χ0n) is 59.2. The summed E-state index contributed by atoms with van der Waals surface area (Å²) in [4.78, 5) is 57.4. The predicted molar refractivity (Wildman–Crippen MR) is 371 cm³/mol. The molecule has 0 spiro atoms. The first-order chi connectivity index (χ1) is 42.6. The van der Waals surface area contributed by atoms with Crippen molar-refractivity contribution in [3.63, 3.8) is 0 Å². The van der Waals surface area contributed by atoms with Gasteiger partial charge >= 0.3 is 29.8 Å². The van der Waals surface area contributed by atoms with E-state index in [1.54, 1.807) is 7.11 Å². The average molecular weight is 1240 g/mol. The molecule has 1 aromatic heterocycles. The van der Waals surface area contributed by atoms with Gasteiger partial charge in [0.25, 0.3) is 0 Å². The summed E-state index contributed by atoms with van der Waals surface area (Å²) in [7, 11) is 3.00. The van der Waals surface area contributed by atoms with Crippen molar-refractivity contribution >= 4 is 57.8 Å². The third kappa shape index (κ3) is 27.9. The van der Waals surface area contributed by atoms with Gasteiger partial charge in [-0.15, -0.1) is 0 Å². The zero-order valence-corrected chi connectivity index (χ0v) is 59.2. The lowest BCUT2D eigenvalue weighted by atomic mass is 9.13. The molecule has 0 saturated carbocycles. The second kappa shape index (κ2) is 42.5. The lowest BCUT2D eigenvalue weighted by molar-refractivity contribution is -0.697. The maximum atomic E-state index is 12.0. The fraction of sp³-hybridized carbons (Fsp3) is 0.558. The number of pyridine rings is 1. The van der Waals surface area contributed by atoms with E-state index in [4.69, 9.17) is 23.7 Å². The number of hydrogen-bond acceptors (Lipinski definition) is 11. The summed E-state index contributed by atoms with van der Waals surface area (Å²) in [5, 5.41) is 0. The molecule has 4 aromatic carbocycles. The number of methoxy groups -OCH3 is 2. The van der Waals surface area contributed by atoms with E-state index >= 15 is 0 Å². The minimum Gasteiger partial charge on any atom is -0.469 e. The number of rotatable bonds is 31. The Kier molecular flexibility index (Phi) is 38.4. The lowest BCUT2D eigenvalue weighted by Crippen LogP contribution is -2.74. The van der Waals surface area contributed by atoms with Crippen molar-refractivity contribution < 1.29 is 57.0 Å². The van der Waals surface area contributed by atoms with E-state index in [2.05, 4.69) is 169 Å². The highest BCUT2D eigenvalue weighted by Gasteiger charge is 2.33. The molecule has 1 heterocycles. The van der Waals surface area contributed by atoms with Crippen LogP contribution in [0.1, 0.15) is 206 Å². The van der Waals surface area contributed by atoms with Crippen LogP contribution in [0.3, 0.4) is 0 Å². The molecule has 0 N–H and O–H groups in total. The Morgan fingerprint density at radius 2 is 0.656 bits per heavy atom. The van der Waals surface area contributed by atoms with Crippen molar-refractivity contribution in [1.82, 2.24) is 0 Å². The molecule has 13 heteroatoms. The number of unbranched alkanes of at least 4 members (excludes halogenated alkanes) is 2. The molecule has 5 rings (SSSR count). The van der Waals surface area contributed by atoms with Crippen LogP contribution in [0.25, 0.3) is 0 Å². The standard InChI is InChI=1S/C24H20B.C23H40NO2.C14H26O4.C9H18O3.C7H14O2/c1-5-13-21(14-6-1)25(22-15-7-2-8-16-22,23-17-9-3-10-18-23)24-19-11-4-12-20-24;1-6-9-12-20(13-10-7-2)21-14-17-24(18-15-21)16-11-19-26-22(25)23(4,5)8-3;1-7-13(3,4)11(15)17-9-10-18-12(16)14(5,6)8-2;1-5-9(2,3)8(10)12-7-6-11-4;1-5-7(2,3)6(8)9-4/h1-20H;14-15,17-18,20H,6-13,16,19H2,1-5H3;7-10H2,1-6H3;5-7H2,1-4H3;5H2,1-4H3/q-1;+1;;;. The number of nitrogens with zero attached hydrogens (tertiary/aromatic N) is 1. The summed E-state index contributed by atoms with van der Waals surface area (Å²) >= 11 is 0. The van der Waals surface area contributed by atoms with Crippen molar-refractivity contribution in [1.29, 1.82) is 0 Å². The molecule has 500 valence electrons. The Balaban J connectivity index is 0.000000591. The van der Waals surface area contributed by atoms with Gasteiger partial charge in [-0.3, -0.25) is 24.0 Å². The van der Waals surface area contributed by atoms with Crippen LogP contribution in [0.2, 0.25) is 0 Å². The molecule has 0 unspecified atom stereocenters. The SMILES string of the molecule is CCC(C)(C)C(=O)OC.CCC(C)(C)C(=O)OCCOC.CCC(C)(C)C(=O)OCCOC(=O)C(C)(C)CC.CCCCC(CCCC)c1cc[n+](CCCOC(=O)C(C)(C)CC)cc1.c1ccc([B-](c2ccccc2)(c2ccccc2)c2ccccc2)cc1. The summed E-state index contributed by atoms with van der Waals surface area (Å²) in [6.07, 6.45) is 15.6. The quantitative estimate of drug-likeness (QED) is 0.0137. The highest BCUT2D eigenvalue weighted by atomic mass is 16.6. The van der Waals surface area contributed by atoms with Crippen molar-refractivity contribution in [2.75, 3.05) is 47.3 Å². The van der Waals surface area contributed by atoms with Gasteiger partial charge in [0.2, 0.25) is 0 Å². The summed E-state index contributed by atoms with van der Waals surface area (Å²) in [6.45, 7) is 35.5. The minimum atomic E-state index is -1.22. The zero-order chi connectivity index (χ0) is 67.9. The normalized spacial score (nSPS) is 11.6. The summed E-state index contributed by atoms with van der Waals surface area (Å²) in [5.74, 6) is -0.185. The number of carbonyl (C=O) groups is 5. The maximum absolute atomic E-state index is 12.0. The summed E-state index contributed by atoms with van der Waals surface area (Å²) in [6, 6.07) is 48.1. The van der Waals surface area contributed by atoms with Crippen LogP contribution in [0.15, 0.2) is 146 Å². The lowest BCUT2D eigenvalue weighted by Gasteiger charge is -2.44. The summed E-state index contributed by atoms with van der Waals surface area (Å²) in [5.41, 5.74) is 4.82. The third-order valence-corrected chi connectivity index (χ3v) is 17.6. The van der Waals surface area contributed by atoms with Gasteiger partial charge in [0.1, 0.15) is 26.0 Å². The van der Waals surface area contributed by atoms with E-state index in [1.807, 2.05) is 104 Å². The Bertz CT molecular complexity index is 2540. The van der Waals surface area contributed by atoms with Gasteiger partial charge in [0.15, 0.2) is 18.9 Å². The van der Waals surface area contributed by atoms with Crippen molar-refractivity contribution in [3.8, 4) is 0 Å². The Labute approximate surface area is 545 Å². The number of aromatic nitrogens is 1. The van der Waals surface area contributed by atoms with E-state index in [1.165, 1.54) is 73.0 Å². The largest absolute Gasteiger partial charge is 0.469 e. The van der Waals surface area contributed by atoms with Gasteiger partial charge in [-0.1, -0.05) is 195 Å². The molecule has 0 atom stereocenters. The molecule has 5 aromatic rings. The van der Waals surface area contributed by atoms with Crippen molar-refractivity contribution in [2.45, 2.75) is 207 Å². The van der Waals surface area contributed by atoms with Crippen LogP contribution in [0.5, 0.6) is 0 Å². The van der Waals surface area contributed by atoms with Gasteiger partial charge in [-0.05, 0) is 126 Å². The van der Waals surface area contributed by atoms with Crippen molar-refractivity contribution in [2.24, 2.45) is 27.1 Å². The number of esters is 5. The molecule has 0 fully saturated rings.